The first-order valence-corrected chi connectivity index (χ1v) is 7.50. The van der Waals surface area contributed by atoms with Crippen LogP contribution in [0.1, 0.15) is 35.1 Å². The minimum Gasteiger partial charge on any atom is -0.508 e. The second-order valence-electron chi connectivity index (χ2n) is 5.60. The molecule has 0 unspecified atom stereocenters. The minimum atomic E-state index is -0.959. The van der Waals surface area contributed by atoms with Crippen LogP contribution in [-0.2, 0) is 17.6 Å². The maximum absolute atomic E-state index is 11.6. The molecule has 0 amide bonds. The molecule has 0 bridgehead atoms. The number of carboxylic acids is 1. The molecule has 3 rings (SSSR count). The molecular weight excluding hydrogens is 276 g/mol. The monoisotopic (exact) mass is 294 g/mol. The number of carboxylic acid groups (broad SMARTS) is 1. The van der Waals surface area contributed by atoms with Gasteiger partial charge in [-0.2, -0.15) is 0 Å². The van der Waals surface area contributed by atoms with Gasteiger partial charge in [-0.15, -0.1) is 0 Å². The summed E-state index contributed by atoms with van der Waals surface area (Å²) >= 11 is 0. The number of carbonyl (C=O) groups is 1. The predicted molar refractivity (Wildman–Crippen MR) is 86.7 cm³/mol. The van der Waals surface area contributed by atoms with E-state index < -0.39 is 5.97 Å². The Labute approximate surface area is 129 Å². The van der Waals surface area contributed by atoms with E-state index in [0.717, 1.165) is 24.8 Å². The first-order valence-electron chi connectivity index (χ1n) is 7.50. The van der Waals surface area contributed by atoms with Crippen LogP contribution in [0.25, 0.3) is 11.6 Å². The quantitative estimate of drug-likeness (QED) is 0.667. The highest BCUT2D eigenvalue weighted by atomic mass is 16.4. The van der Waals surface area contributed by atoms with E-state index in [-0.39, 0.29) is 11.3 Å². The molecule has 2 aromatic rings. The summed E-state index contributed by atoms with van der Waals surface area (Å²) in [6.45, 7) is 0. The van der Waals surface area contributed by atoms with Crippen molar-refractivity contribution in [2.24, 2.45) is 0 Å². The number of phenolic OH excluding ortho intramolecular Hbond substituents is 1. The lowest BCUT2D eigenvalue weighted by Crippen LogP contribution is -2.05. The molecule has 22 heavy (non-hydrogen) atoms. The zero-order valence-electron chi connectivity index (χ0n) is 12.2. The van der Waals surface area contributed by atoms with E-state index in [1.54, 1.807) is 18.2 Å². The summed E-state index contributed by atoms with van der Waals surface area (Å²) in [4.78, 5) is 11.6. The van der Waals surface area contributed by atoms with Gasteiger partial charge in [0, 0.05) is 0 Å². The third kappa shape index (κ3) is 2.89. The van der Waals surface area contributed by atoms with Gasteiger partial charge in [0.25, 0.3) is 0 Å². The molecule has 3 nitrogen and oxygen atoms in total. The van der Waals surface area contributed by atoms with Crippen molar-refractivity contribution in [2.75, 3.05) is 0 Å². The number of aliphatic carboxylic acids is 1. The van der Waals surface area contributed by atoms with Crippen LogP contribution in [0.5, 0.6) is 5.75 Å². The largest absolute Gasteiger partial charge is 0.508 e. The topological polar surface area (TPSA) is 57.5 Å². The zero-order chi connectivity index (χ0) is 15.5. The van der Waals surface area contributed by atoms with Crippen molar-refractivity contribution in [3.63, 3.8) is 0 Å². The van der Waals surface area contributed by atoms with Crippen LogP contribution in [-0.4, -0.2) is 16.2 Å². The standard InChI is InChI=1S/C19H18O3/c20-16-10-8-14(9-11-16)18(19(21)22)12-15-6-3-5-13-4-1-2-7-17(13)15/h3,5-6,8-12,20H,1-2,4,7H2,(H,21,22). The van der Waals surface area contributed by atoms with Crippen molar-refractivity contribution in [3.05, 3.63) is 64.7 Å². The van der Waals surface area contributed by atoms with Gasteiger partial charge < -0.3 is 10.2 Å². The summed E-state index contributed by atoms with van der Waals surface area (Å²) < 4.78 is 0. The van der Waals surface area contributed by atoms with Crippen LogP contribution >= 0.6 is 0 Å². The molecule has 2 aromatic carbocycles. The maximum Gasteiger partial charge on any atom is 0.336 e. The molecule has 1 aliphatic rings. The highest BCUT2D eigenvalue weighted by Gasteiger charge is 2.15. The first kappa shape index (κ1) is 14.4. The summed E-state index contributed by atoms with van der Waals surface area (Å²) in [6.07, 6.45) is 6.17. The van der Waals surface area contributed by atoms with E-state index in [9.17, 15) is 15.0 Å². The van der Waals surface area contributed by atoms with E-state index >= 15 is 0 Å². The second kappa shape index (κ2) is 6.06. The number of benzene rings is 2. The SMILES string of the molecule is O=C(O)C(=Cc1cccc2c1CCCC2)c1ccc(O)cc1. The fraction of sp³-hybridized carbons (Fsp3) is 0.211. The molecule has 112 valence electrons. The highest BCUT2D eigenvalue weighted by Crippen LogP contribution is 2.28. The number of aryl methyl sites for hydroxylation is 1. The van der Waals surface area contributed by atoms with Crippen molar-refractivity contribution in [1.82, 2.24) is 0 Å². The van der Waals surface area contributed by atoms with Crippen molar-refractivity contribution in [1.29, 1.82) is 0 Å². The number of phenols is 1. The summed E-state index contributed by atoms with van der Waals surface area (Å²) in [5.41, 5.74) is 4.43. The Kier molecular flexibility index (Phi) is 3.96. The molecule has 3 heteroatoms. The molecule has 0 heterocycles. The fourth-order valence-corrected chi connectivity index (χ4v) is 3.01. The van der Waals surface area contributed by atoms with E-state index in [2.05, 4.69) is 6.07 Å². The van der Waals surface area contributed by atoms with Crippen LogP contribution in [0.3, 0.4) is 0 Å². The van der Waals surface area contributed by atoms with Crippen LogP contribution in [0.4, 0.5) is 0 Å². The van der Waals surface area contributed by atoms with Crippen molar-refractivity contribution in [3.8, 4) is 5.75 Å². The van der Waals surface area contributed by atoms with E-state index in [0.29, 0.717) is 5.56 Å². The highest BCUT2D eigenvalue weighted by molar-refractivity contribution is 6.20. The van der Waals surface area contributed by atoms with Crippen LogP contribution in [0.15, 0.2) is 42.5 Å². The Hall–Kier alpha value is -2.55. The molecule has 0 saturated carbocycles. The molecule has 1 aliphatic carbocycles. The molecule has 0 atom stereocenters. The summed E-state index contributed by atoms with van der Waals surface area (Å²) in [7, 11) is 0. The summed E-state index contributed by atoms with van der Waals surface area (Å²) in [5, 5.41) is 18.9. The Morgan fingerprint density at radius 3 is 2.45 bits per heavy atom. The average Bonchev–Trinajstić information content (AvgIpc) is 2.53. The Morgan fingerprint density at radius 2 is 1.73 bits per heavy atom. The lowest BCUT2D eigenvalue weighted by atomic mass is 9.87. The van der Waals surface area contributed by atoms with Crippen LogP contribution < -0.4 is 0 Å². The molecule has 0 spiro atoms. The van der Waals surface area contributed by atoms with E-state index in [1.165, 1.54) is 29.7 Å². The summed E-state index contributed by atoms with van der Waals surface area (Å²) in [6, 6.07) is 12.4. The van der Waals surface area contributed by atoms with Gasteiger partial charge in [0.05, 0.1) is 5.57 Å². The van der Waals surface area contributed by atoms with Gasteiger partial charge in [-0.3, -0.25) is 0 Å². The van der Waals surface area contributed by atoms with Gasteiger partial charge >= 0.3 is 5.97 Å². The Morgan fingerprint density at radius 1 is 1.00 bits per heavy atom. The van der Waals surface area contributed by atoms with Crippen molar-refractivity contribution >= 4 is 17.6 Å². The van der Waals surface area contributed by atoms with Gasteiger partial charge in [-0.25, -0.2) is 4.79 Å². The van der Waals surface area contributed by atoms with Gasteiger partial charge in [0.15, 0.2) is 0 Å². The minimum absolute atomic E-state index is 0.130. The van der Waals surface area contributed by atoms with Crippen LogP contribution in [0.2, 0.25) is 0 Å². The van der Waals surface area contributed by atoms with Gasteiger partial charge in [0.2, 0.25) is 0 Å². The van der Waals surface area contributed by atoms with Gasteiger partial charge in [-0.1, -0.05) is 30.3 Å². The third-order valence-corrected chi connectivity index (χ3v) is 4.14. The number of hydrogen-bond acceptors (Lipinski definition) is 2. The lowest BCUT2D eigenvalue weighted by Gasteiger charge is -2.18. The molecule has 0 aromatic heterocycles. The normalized spacial score (nSPS) is 14.5. The predicted octanol–water partition coefficient (Wildman–Crippen LogP) is 3.90. The fourth-order valence-electron chi connectivity index (χ4n) is 3.01. The van der Waals surface area contributed by atoms with E-state index in [1.807, 2.05) is 12.1 Å². The summed E-state index contributed by atoms with van der Waals surface area (Å²) in [5.74, 6) is -0.829. The van der Waals surface area contributed by atoms with Crippen molar-refractivity contribution < 1.29 is 15.0 Å². The molecule has 0 radical (unpaired) electrons. The third-order valence-electron chi connectivity index (χ3n) is 4.14. The zero-order valence-corrected chi connectivity index (χ0v) is 12.2. The second-order valence-corrected chi connectivity index (χ2v) is 5.60. The number of rotatable bonds is 3. The number of hydrogen-bond donors (Lipinski definition) is 2. The van der Waals surface area contributed by atoms with Crippen molar-refractivity contribution in [2.45, 2.75) is 25.7 Å². The average molecular weight is 294 g/mol. The number of aromatic hydroxyl groups is 1. The molecule has 0 aliphatic heterocycles. The smallest absolute Gasteiger partial charge is 0.336 e. The van der Waals surface area contributed by atoms with Gasteiger partial charge in [-0.05, 0) is 66.1 Å². The maximum atomic E-state index is 11.6. The number of fused-ring (bicyclic) bond motifs is 1. The Balaban J connectivity index is 2.07. The molecule has 2 N–H and O–H groups in total. The van der Waals surface area contributed by atoms with Gasteiger partial charge in [0.1, 0.15) is 5.75 Å². The molecule has 0 fully saturated rings. The Bertz CT molecular complexity index is 727. The van der Waals surface area contributed by atoms with Crippen LogP contribution in [0, 0.1) is 0 Å². The first-order chi connectivity index (χ1) is 10.6. The molecule has 0 saturated heterocycles. The molecular formula is C19H18O3. The van der Waals surface area contributed by atoms with E-state index in [4.69, 9.17) is 0 Å². The lowest BCUT2D eigenvalue weighted by molar-refractivity contribution is -0.130.